The van der Waals surface area contributed by atoms with Gasteiger partial charge in [-0.1, -0.05) is 11.6 Å². The topological polar surface area (TPSA) is 42.4 Å². The summed E-state index contributed by atoms with van der Waals surface area (Å²) in [6, 6.07) is 4.34. The summed E-state index contributed by atoms with van der Waals surface area (Å²) in [7, 11) is 0. The van der Waals surface area contributed by atoms with E-state index in [1.807, 2.05) is 0 Å². The molecular formula is C12H10ClF2NO2S. The first kappa shape index (κ1) is 14.2. The van der Waals surface area contributed by atoms with Crippen molar-refractivity contribution >= 4 is 22.9 Å². The highest BCUT2D eigenvalue weighted by Crippen LogP contribution is 2.37. The van der Waals surface area contributed by atoms with Crippen molar-refractivity contribution in [3.05, 3.63) is 34.3 Å². The second-order valence-corrected chi connectivity index (χ2v) is 5.26. The minimum atomic E-state index is -2.92. The fourth-order valence-corrected chi connectivity index (χ4v) is 2.52. The van der Waals surface area contributed by atoms with Crippen LogP contribution in [0, 0.1) is 0 Å². The van der Waals surface area contributed by atoms with E-state index in [0.717, 1.165) is 0 Å². The van der Waals surface area contributed by atoms with Gasteiger partial charge in [0.05, 0.1) is 16.5 Å². The first-order valence-corrected chi connectivity index (χ1v) is 6.55. The van der Waals surface area contributed by atoms with E-state index in [2.05, 4.69) is 9.72 Å². The number of thiazole rings is 1. The molecule has 2 aromatic rings. The Morgan fingerprint density at radius 2 is 2.16 bits per heavy atom. The van der Waals surface area contributed by atoms with E-state index in [1.165, 1.54) is 35.7 Å². The highest BCUT2D eigenvalue weighted by molar-refractivity contribution is 7.15. The molecule has 2 rings (SSSR count). The lowest BCUT2D eigenvalue weighted by molar-refractivity contribution is -0.0494. The largest absolute Gasteiger partial charge is 0.434 e. The van der Waals surface area contributed by atoms with Crippen LogP contribution in [0.15, 0.2) is 24.4 Å². The maximum atomic E-state index is 12.3. The lowest BCUT2D eigenvalue weighted by Gasteiger charge is -2.09. The number of alkyl halides is 2. The van der Waals surface area contributed by atoms with Crippen LogP contribution in [0.25, 0.3) is 10.6 Å². The van der Waals surface area contributed by atoms with Crippen LogP contribution in [0.4, 0.5) is 8.78 Å². The van der Waals surface area contributed by atoms with Crippen LogP contribution < -0.4 is 4.74 Å². The van der Waals surface area contributed by atoms with Crippen molar-refractivity contribution in [3.8, 4) is 16.3 Å². The van der Waals surface area contributed by atoms with Gasteiger partial charge in [0.1, 0.15) is 10.8 Å². The monoisotopic (exact) mass is 305 g/mol. The van der Waals surface area contributed by atoms with Crippen LogP contribution >= 0.6 is 22.9 Å². The summed E-state index contributed by atoms with van der Waals surface area (Å²) >= 11 is 7.06. The zero-order valence-corrected chi connectivity index (χ0v) is 11.4. The van der Waals surface area contributed by atoms with Gasteiger partial charge >= 0.3 is 6.61 Å². The maximum Gasteiger partial charge on any atom is 0.387 e. The molecule has 3 nitrogen and oxygen atoms in total. The van der Waals surface area contributed by atoms with Gasteiger partial charge < -0.3 is 9.84 Å². The molecule has 0 amide bonds. The molecule has 1 aromatic carbocycles. The molecule has 0 aliphatic carbocycles. The molecule has 0 saturated carbocycles. The van der Waals surface area contributed by atoms with Gasteiger partial charge in [0.25, 0.3) is 0 Å². The van der Waals surface area contributed by atoms with Crippen molar-refractivity contribution in [1.29, 1.82) is 0 Å². The van der Waals surface area contributed by atoms with E-state index < -0.39 is 12.7 Å². The van der Waals surface area contributed by atoms with Gasteiger partial charge in [0.2, 0.25) is 0 Å². The molecule has 0 radical (unpaired) electrons. The number of rotatable bonds is 4. The Morgan fingerprint density at radius 3 is 2.74 bits per heavy atom. The van der Waals surface area contributed by atoms with Crippen LogP contribution in [0.2, 0.25) is 5.02 Å². The summed E-state index contributed by atoms with van der Waals surface area (Å²) < 4.78 is 29.1. The minimum Gasteiger partial charge on any atom is -0.434 e. The van der Waals surface area contributed by atoms with Gasteiger partial charge in [-0.05, 0) is 25.1 Å². The Kier molecular flexibility index (Phi) is 4.34. The summed E-state index contributed by atoms with van der Waals surface area (Å²) in [5.41, 5.74) is 0.379. The Balaban J connectivity index is 2.43. The van der Waals surface area contributed by atoms with Gasteiger partial charge in [-0.2, -0.15) is 8.78 Å². The Bertz CT molecular complexity index is 575. The van der Waals surface area contributed by atoms with E-state index in [1.54, 1.807) is 6.92 Å². The van der Waals surface area contributed by atoms with Crippen LogP contribution in [0.5, 0.6) is 5.75 Å². The van der Waals surface area contributed by atoms with E-state index in [0.29, 0.717) is 20.5 Å². The summed E-state index contributed by atoms with van der Waals surface area (Å²) in [6.07, 6.45) is 0.836. The number of halogens is 3. The normalized spacial score (nSPS) is 12.7. The molecule has 1 heterocycles. The number of aromatic nitrogens is 1. The predicted octanol–water partition coefficient (Wildman–Crippen LogP) is 4.12. The molecule has 1 unspecified atom stereocenters. The average Bonchev–Trinajstić information content (AvgIpc) is 2.80. The molecular weight excluding hydrogens is 296 g/mol. The fourth-order valence-electron chi connectivity index (χ4n) is 1.47. The molecule has 1 N–H and O–H groups in total. The first-order chi connectivity index (χ1) is 8.97. The van der Waals surface area contributed by atoms with E-state index in [9.17, 15) is 13.9 Å². The zero-order valence-electron chi connectivity index (χ0n) is 9.81. The summed E-state index contributed by atoms with van der Waals surface area (Å²) in [6.45, 7) is -1.32. The number of nitrogens with zero attached hydrogens (tertiary/aromatic N) is 1. The zero-order chi connectivity index (χ0) is 14.0. The summed E-state index contributed by atoms with van der Waals surface area (Å²) in [5.74, 6) is 0.00546. The molecule has 1 aromatic heterocycles. The molecule has 0 bridgehead atoms. The third kappa shape index (κ3) is 3.40. The molecule has 0 aliphatic rings. The number of hydrogen-bond donors (Lipinski definition) is 1. The summed E-state index contributed by atoms with van der Waals surface area (Å²) in [5, 5.41) is 10.3. The van der Waals surface area contributed by atoms with Gasteiger partial charge in [-0.25, -0.2) is 4.98 Å². The molecule has 7 heteroatoms. The second-order valence-electron chi connectivity index (χ2n) is 3.76. The molecule has 1 atom stereocenters. The molecule has 102 valence electrons. The molecule has 0 fully saturated rings. The highest BCUT2D eigenvalue weighted by atomic mass is 35.5. The minimum absolute atomic E-state index is 0.00546. The third-order valence-electron chi connectivity index (χ3n) is 2.32. The maximum absolute atomic E-state index is 12.3. The molecule has 0 spiro atoms. The number of ether oxygens (including phenoxy) is 1. The van der Waals surface area contributed by atoms with E-state index in [4.69, 9.17) is 11.6 Å². The van der Waals surface area contributed by atoms with Crippen molar-refractivity contribution in [2.45, 2.75) is 19.6 Å². The number of aliphatic hydroxyl groups is 1. The number of benzene rings is 1. The van der Waals surface area contributed by atoms with Crippen molar-refractivity contribution in [2.75, 3.05) is 0 Å². The SMILES string of the molecule is CC(O)c1cnc(-c2cc(Cl)ccc2OC(F)F)s1. The van der Waals surface area contributed by atoms with Gasteiger partial charge in [0, 0.05) is 11.2 Å². The summed E-state index contributed by atoms with van der Waals surface area (Å²) in [4.78, 5) is 4.73. The van der Waals surface area contributed by atoms with Crippen molar-refractivity contribution < 1.29 is 18.6 Å². The third-order valence-corrected chi connectivity index (χ3v) is 3.76. The first-order valence-electron chi connectivity index (χ1n) is 5.36. The van der Waals surface area contributed by atoms with Crippen LogP contribution in [0.3, 0.4) is 0 Å². The Morgan fingerprint density at radius 1 is 1.42 bits per heavy atom. The standard InChI is InChI=1S/C12H10ClF2NO2S/c1-6(17)10-5-16-11(19-10)8-4-7(13)2-3-9(8)18-12(14)15/h2-6,12,17H,1H3. The number of aliphatic hydroxyl groups excluding tert-OH is 1. The molecule has 19 heavy (non-hydrogen) atoms. The predicted molar refractivity (Wildman–Crippen MR) is 69.8 cm³/mol. The van der Waals surface area contributed by atoms with Crippen molar-refractivity contribution in [3.63, 3.8) is 0 Å². The van der Waals surface area contributed by atoms with E-state index >= 15 is 0 Å². The smallest absolute Gasteiger partial charge is 0.387 e. The quantitative estimate of drug-likeness (QED) is 0.924. The highest BCUT2D eigenvalue weighted by Gasteiger charge is 2.16. The second kappa shape index (κ2) is 5.81. The van der Waals surface area contributed by atoms with Gasteiger partial charge in [-0.15, -0.1) is 11.3 Å². The van der Waals surface area contributed by atoms with Crippen molar-refractivity contribution in [1.82, 2.24) is 4.98 Å². The average molecular weight is 306 g/mol. The lowest BCUT2D eigenvalue weighted by atomic mass is 10.2. The Labute approximate surface area is 117 Å². The van der Waals surface area contributed by atoms with Crippen LogP contribution in [0.1, 0.15) is 17.9 Å². The van der Waals surface area contributed by atoms with Crippen LogP contribution in [-0.4, -0.2) is 16.7 Å². The molecule has 0 saturated heterocycles. The van der Waals surface area contributed by atoms with E-state index in [-0.39, 0.29) is 5.75 Å². The number of hydrogen-bond acceptors (Lipinski definition) is 4. The van der Waals surface area contributed by atoms with Gasteiger partial charge in [-0.3, -0.25) is 0 Å². The van der Waals surface area contributed by atoms with Crippen LogP contribution in [-0.2, 0) is 0 Å². The fraction of sp³-hybridized carbons (Fsp3) is 0.250. The van der Waals surface area contributed by atoms with Crippen molar-refractivity contribution in [2.24, 2.45) is 0 Å². The van der Waals surface area contributed by atoms with Gasteiger partial charge in [0.15, 0.2) is 0 Å². The Hall–Kier alpha value is -1.24. The molecule has 0 aliphatic heterocycles. The lowest BCUT2D eigenvalue weighted by Crippen LogP contribution is -2.03.